The van der Waals surface area contributed by atoms with Crippen molar-refractivity contribution in [3.05, 3.63) is 53.5 Å². The second-order valence-electron chi connectivity index (χ2n) is 9.71. The monoisotopic (exact) mass is 512 g/mol. The third kappa shape index (κ3) is 4.36. The third-order valence-corrected chi connectivity index (χ3v) is 7.37. The molecule has 37 heavy (non-hydrogen) atoms. The van der Waals surface area contributed by atoms with Crippen LogP contribution in [0.1, 0.15) is 52.7 Å². The Bertz CT molecular complexity index is 1400. The molecule has 2 aliphatic heterocycles. The number of rotatable bonds is 7. The van der Waals surface area contributed by atoms with Crippen LogP contribution < -0.4 is 11.1 Å². The molecule has 4 atom stereocenters. The summed E-state index contributed by atoms with van der Waals surface area (Å²) in [6.07, 6.45) is 1.52. The summed E-state index contributed by atoms with van der Waals surface area (Å²) in [5.74, 6) is -7.39. The Morgan fingerprint density at radius 1 is 1.24 bits per heavy atom. The molecular weight excluding hydrogens is 486 g/mol. The molecule has 3 amide bonds. The maximum absolute atomic E-state index is 15.0. The lowest BCUT2D eigenvalue weighted by Gasteiger charge is -2.53. The fraction of sp³-hybridized carbons (Fsp3) is 0.400. The predicted molar refractivity (Wildman–Crippen MR) is 128 cm³/mol. The second-order valence-corrected chi connectivity index (χ2v) is 9.71. The van der Waals surface area contributed by atoms with E-state index in [-0.39, 0.29) is 30.0 Å². The topological polar surface area (TPSA) is 154 Å². The zero-order valence-electron chi connectivity index (χ0n) is 20.0. The maximum Gasteiger partial charge on any atom is 0.272 e. The number of aromatic nitrogens is 3. The molecule has 3 fully saturated rings. The largest absolute Gasteiger partial charge is 0.368 e. The molecule has 2 unspecified atom stereocenters. The van der Waals surface area contributed by atoms with Crippen LogP contribution in [0.3, 0.4) is 0 Å². The molecule has 1 saturated carbocycles. The van der Waals surface area contributed by atoms with Gasteiger partial charge in [0.2, 0.25) is 11.8 Å². The Hall–Kier alpha value is -4.09. The summed E-state index contributed by atoms with van der Waals surface area (Å²) in [5, 5.41) is 9.64. The number of aromatic amines is 2. The van der Waals surface area contributed by atoms with Gasteiger partial charge in [0.1, 0.15) is 23.5 Å². The van der Waals surface area contributed by atoms with Gasteiger partial charge in [-0.1, -0.05) is 18.2 Å². The molecule has 2 aromatic heterocycles. The highest BCUT2D eigenvalue weighted by Gasteiger charge is 2.60. The quantitative estimate of drug-likeness (QED) is 0.356. The molecular formula is C25H26F2N6O4. The maximum atomic E-state index is 15.0. The number of carbonyl (C=O) groups is 4. The molecule has 3 aliphatic rings. The van der Waals surface area contributed by atoms with Crippen LogP contribution >= 0.6 is 0 Å². The lowest BCUT2D eigenvalue weighted by molar-refractivity contribution is -0.179. The van der Waals surface area contributed by atoms with Gasteiger partial charge < -0.3 is 20.9 Å². The highest BCUT2D eigenvalue weighted by molar-refractivity contribution is 6.00. The van der Waals surface area contributed by atoms with Gasteiger partial charge in [0.05, 0.1) is 5.92 Å². The smallest absolute Gasteiger partial charge is 0.272 e. The van der Waals surface area contributed by atoms with Gasteiger partial charge in [0.15, 0.2) is 5.78 Å². The predicted octanol–water partition coefficient (Wildman–Crippen LogP) is 1.93. The summed E-state index contributed by atoms with van der Waals surface area (Å²) >= 11 is 0. The van der Waals surface area contributed by atoms with Crippen molar-refractivity contribution in [2.75, 3.05) is 0 Å². The summed E-state index contributed by atoms with van der Waals surface area (Å²) < 4.78 is 29.9. The first kappa shape index (κ1) is 24.6. The Balaban J connectivity index is 1.43. The molecule has 1 aliphatic carbocycles. The number of primary amides is 1. The van der Waals surface area contributed by atoms with Crippen LogP contribution in [0.25, 0.3) is 10.9 Å². The Kier molecular flexibility index (Phi) is 6.04. The van der Waals surface area contributed by atoms with Crippen LogP contribution in [0, 0.1) is 5.92 Å². The fourth-order valence-electron chi connectivity index (χ4n) is 5.55. The van der Waals surface area contributed by atoms with Crippen LogP contribution in [0.4, 0.5) is 8.78 Å². The summed E-state index contributed by atoms with van der Waals surface area (Å²) in [7, 11) is 0. The van der Waals surface area contributed by atoms with E-state index in [0.717, 1.165) is 21.4 Å². The van der Waals surface area contributed by atoms with Crippen molar-refractivity contribution in [3.63, 3.8) is 0 Å². The van der Waals surface area contributed by atoms with Crippen LogP contribution in [-0.4, -0.2) is 67.6 Å². The number of halogens is 2. The second kappa shape index (κ2) is 9.09. The van der Waals surface area contributed by atoms with Crippen molar-refractivity contribution in [2.45, 2.75) is 56.7 Å². The molecule has 1 aromatic carbocycles. The average Bonchev–Trinajstić information content (AvgIpc) is 3.50. The number of ketones is 1. The molecule has 12 heteroatoms. The molecule has 2 saturated heterocycles. The van der Waals surface area contributed by atoms with E-state index in [9.17, 15) is 28.0 Å². The molecule has 5 N–H and O–H groups in total. The Morgan fingerprint density at radius 2 is 2.00 bits per heavy atom. The number of nitrogens with two attached hydrogens (primary N) is 1. The van der Waals surface area contributed by atoms with Crippen molar-refractivity contribution in [3.8, 4) is 0 Å². The minimum atomic E-state index is -3.17. The average molecular weight is 513 g/mol. The first-order valence-corrected chi connectivity index (χ1v) is 12.0. The molecule has 0 radical (unpaired) electrons. The number of amides is 3. The Morgan fingerprint density at radius 3 is 2.68 bits per heavy atom. The van der Waals surface area contributed by atoms with Gasteiger partial charge in [-0.3, -0.25) is 24.3 Å². The van der Waals surface area contributed by atoms with Gasteiger partial charge in [-0.2, -0.15) is 5.10 Å². The van der Waals surface area contributed by atoms with Gasteiger partial charge in [-0.25, -0.2) is 8.78 Å². The van der Waals surface area contributed by atoms with E-state index in [1.807, 2.05) is 24.3 Å². The van der Waals surface area contributed by atoms with Gasteiger partial charge in [0, 0.05) is 42.9 Å². The molecule has 4 heterocycles. The number of nitrogens with zero attached hydrogens (tertiary/aromatic N) is 2. The zero-order chi connectivity index (χ0) is 26.5. The minimum Gasteiger partial charge on any atom is -0.368 e. The van der Waals surface area contributed by atoms with E-state index in [1.54, 1.807) is 6.20 Å². The number of benzene rings is 1. The molecule has 0 spiro atoms. The summed E-state index contributed by atoms with van der Waals surface area (Å²) in [6.45, 7) is 1.28. The number of para-hydroxylation sites is 1. The standard InChI is InChI=1S/C25H26F2N6O4/c1-12(34)18-9-20(32-31-18)24(37)33-14-6-7-16(25(26,27)10-14)21(33)23(36)30-19(22(28)35)8-13-11-29-17-5-3-2-4-15(13)17/h2-5,9,11,14,16,19,21,29H,6-8,10H2,1H3,(H2,28,35)(H,30,36)(H,31,32)/t14?,16?,19-,21+/m0/s1. The van der Waals surface area contributed by atoms with E-state index in [1.165, 1.54) is 13.0 Å². The molecule has 6 rings (SSSR count). The third-order valence-electron chi connectivity index (χ3n) is 7.37. The van der Waals surface area contributed by atoms with Crippen LogP contribution in [-0.2, 0) is 16.0 Å². The number of hydrogen-bond donors (Lipinski definition) is 4. The van der Waals surface area contributed by atoms with Gasteiger partial charge in [-0.15, -0.1) is 0 Å². The van der Waals surface area contributed by atoms with Gasteiger partial charge in [0.25, 0.3) is 11.8 Å². The minimum absolute atomic E-state index is 0.0179. The number of alkyl halides is 2. The number of hydrogen-bond acceptors (Lipinski definition) is 5. The number of H-pyrrole nitrogens is 2. The zero-order valence-corrected chi connectivity index (χ0v) is 20.0. The van der Waals surface area contributed by atoms with E-state index >= 15 is 0 Å². The van der Waals surface area contributed by atoms with Crippen molar-refractivity contribution >= 4 is 34.4 Å². The number of nitrogens with one attached hydrogen (secondary N) is 3. The van der Waals surface area contributed by atoms with Gasteiger partial charge >= 0.3 is 0 Å². The van der Waals surface area contributed by atoms with E-state index in [0.29, 0.717) is 6.42 Å². The number of carbonyl (C=O) groups excluding carboxylic acids is 4. The lowest BCUT2D eigenvalue weighted by atomic mass is 9.71. The SMILES string of the molecule is CC(=O)c1cc(C(=O)N2C3CCC([C@@H]2C(=O)N[C@@H](Cc2c[nH]c4ccccc24)C(N)=O)C(F)(F)C3)[nH]n1. The van der Waals surface area contributed by atoms with Crippen molar-refractivity contribution < 1.29 is 28.0 Å². The molecule has 194 valence electrons. The molecule has 10 nitrogen and oxygen atoms in total. The Labute approximate surface area is 210 Å². The summed E-state index contributed by atoms with van der Waals surface area (Å²) in [6, 6.07) is 5.01. The highest BCUT2D eigenvalue weighted by Crippen LogP contribution is 2.49. The van der Waals surface area contributed by atoms with Crippen LogP contribution in [0.15, 0.2) is 36.5 Å². The van der Waals surface area contributed by atoms with Crippen molar-refractivity contribution in [1.29, 1.82) is 0 Å². The first-order chi connectivity index (χ1) is 17.6. The fourth-order valence-corrected chi connectivity index (χ4v) is 5.55. The normalized spacial score (nSPS) is 23.1. The number of fused-ring (bicyclic) bond motifs is 4. The van der Waals surface area contributed by atoms with E-state index in [2.05, 4.69) is 20.5 Å². The summed E-state index contributed by atoms with van der Waals surface area (Å²) in [5.41, 5.74) is 7.07. The van der Waals surface area contributed by atoms with Gasteiger partial charge in [-0.05, 0) is 30.5 Å². The van der Waals surface area contributed by atoms with Crippen molar-refractivity contribution in [2.24, 2.45) is 11.7 Å². The van der Waals surface area contributed by atoms with Crippen LogP contribution in [0.5, 0.6) is 0 Å². The van der Waals surface area contributed by atoms with E-state index < -0.39 is 54.1 Å². The summed E-state index contributed by atoms with van der Waals surface area (Å²) in [4.78, 5) is 55.0. The lowest BCUT2D eigenvalue weighted by Crippen LogP contribution is -2.69. The highest BCUT2D eigenvalue weighted by atomic mass is 19.3. The first-order valence-electron chi connectivity index (χ1n) is 12.0. The van der Waals surface area contributed by atoms with Crippen LogP contribution in [0.2, 0.25) is 0 Å². The van der Waals surface area contributed by atoms with E-state index in [4.69, 9.17) is 5.73 Å². The molecule has 2 bridgehead atoms. The number of Topliss-reactive ketones (excluding diaryl/α,β-unsaturated/α-hetero) is 1. The molecule has 3 aromatic rings. The van der Waals surface area contributed by atoms with Crippen molar-refractivity contribution in [1.82, 2.24) is 25.4 Å². The number of piperidine rings is 2.